The molecule has 25 heavy (non-hydrogen) atoms. The summed E-state index contributed by atoms with van der Waals surface area (Å²) < 4.78 is 1.38. The Morgan fingerprint density at radius 3 is 2.56 bits per heavy atom. The fourth-order valence-electron chi connectivity index (χ4n) is 2.58. The average molecular weight is 400 g/mol. The molecule has 5 nitrogen and oxygen atoms in total. The smallest absolute Gasteiger partial charge is 0.228 e. The summed E-state index contributed by atoms with van der Waals surface area (Å²) in [5, 5.41) is 17.0. The first-order valence-corrected chi connectivity index (χ1v) is 8.88. The van der Waals surface area contributed by atoms with Crippen molar-refractivity contribution in [2.45, 2.75) is 27.2 Å². The molecule has 1 atom stereocenters. The number of benzene rings is 1. The van der Waals surface area contributed by atoms with Crippen LogP contribution in [0.1, 0.15) is 32.8 Å². The van der Waals surface area contributed by atoms with Gasteiger partial charge in [-0.3, -0.25) is 4.79 Å². The molecule has 0 fully saturated rings. The minimum Gasteiger partial charge on any atom is -0.309 e. The van der Waals surface area contributed by atoms with Crippen molar-refractivity contribution >= 4 is 46.5 Å². The number of nitriles is 1. The fraction of sp³-hybridized carbons (Fsp3) is 0.353. The second-order valence-corrected chi connectivity index (χ2v) is 7.04. The number of nitrogens with zero attached hydrogens (tertiary/aromatic N) is 3. The third-order valence-corrected chi connectivity index (χ3v) is 5.24. The first-order valence-electron chi connectivity index (χ1n) is 7.74. The van der Waals surface area contributed by atoms with Crippen LogP contribution >= 0.6 is 34.8 Å². The van der Waals surface area contributed by atoms with E-state index < -0.39 is 0 Å². The molecule has 2 aromatic rings. The van der Waals surface area contributed by atoms with Gasteiger partial charge < -0.3 is 5.32 Å². The summed E-state index contributed by atoms with van der Waals surface area (Å²) in [5.41, 5.74) is 0.652. The number of hydrogen-bond acceptors (Lipinski definition) is 3. The fourth-order valence-corrected chi connectivity index (χ4v) is 3.19. The molecule has 1 N–H and O–H groups in total. The maximum absolute atomic E-state index is 12.6. The number of nitrogens with one attached hydrogen (secondary N) is 1. The van der Waals surface area contributed by atoms with Gasteiger partial charge in [0, 0.05) is 5.92 Å². The predicted molar refractivity (Wildman–Crippen MR) is 101 cm³/mol. The van der Waals surface area contributed by atoms with Crippen LogP contribution in [-0.2, 0) is 4.79 Å². The summed E-state index contributed by atoms with van der Waals surface area (Å²) in [5.74, 6) is 0.0680. The van der Waals surface area contributed by atoms with Gasteiger partial charge in [0.2, 0.25) is 5.91 Å². The Kier molecular flexibility index (Phi) is 6.34. The third kappa shape index (κ3) is 3.92. The van der Waals surface area contributed by atoms with E-state index in [-0.39, 0.29) is 39.2 Å². The molecule has 1 amide bonds. The Balaban J connectivity index is 2.50. The van der Waals surface area contributed by atoms with Crippen LogP contribution in [0.5, 0.6) is 0 Å². The summed E-state index contributed by atoms with van der Waals surface area (Å²) in [6, 6.07) is 5.22. The normalized spacial score (nSPS) is 12.1. The molecular weight excluding hydrogens is 383 g/mol. The molecule has 0 aliphatic rings. The highest BCUT2D eigenvalue weighted by Gasteiger charge is 2.24. The van der Waals surface area contributed by atoms with Gasteiger partial charge in [0.15, 0.2) is 5.82 Å². The lowest BCUT2D eigenvalue weighted by molar-refractivity contribution is -0.121. The van der Waals surface area contributed by atoms with Crippen LogP contribution in [-0.4, -0.2) is 15.7 Å². The van der Waals surface area contributed by atoms with E-state index >= 15 is 0 Å². The number of rotatable bonds is 5. The molecule has 0 aliphatic heterocycles. The predicted octanol–water partition coefficient (Wildman–Crippen LogP) is 5.32. The molecule has 0 saturated carbocycles. The third-order valence-electron chi connectivity index (χ3n) is 3.96. The van der Waals surface area contributed by atoms with Gasteiger partial charge in [0.1, 0.15) is 11.6 Å². The lowest BCUT2D eigenvalue weighted by atomic mass is 9.92. The van der Waals surface area contributed by atoms with Gasteiger partial charge in [-0.15, -0.1) is 0 Å². The number of amides is 1. The molecule has 0 spiro atoms. The first-order chi connectivity index (χ1) is 11.8. The molecule has 8 heteroatoms. The molecular formula is C17H17Cl3N4O. The molecule has 1 aromatic carbocycles. The van der Waals surface area contributed by atoms with Crippen molar-refractivity contribution in [1.29, 1.82) is 5.26 Å². The molecule has 1 unspecified atom stereocenters. The molecule has 2 rings (SSSR count). The van der Waals surface area contributed by atoms with Crippen molar-refractivity contribution in [2.75, 3.05) is 5.32 Å². The van der Waals surface area contributed by atoms with Gasteiger partial charge in [-0.2, -0.15) is 10.4 Å². The van der Waals surface area contributed by atoms with Crippen LogP contribution in [0, 0.1) is 23.2 Å². The van der Waals surface area contributed by atoms with E-state index in [1.54, 1.807) is 12.1 Å². The number of halogens is 3. The summed E-state index contributed by atoms with van der Waals surface area (Å²) in [6.45, 7) is 5.90. The lowest BCUT2D eigenvalue weighted by Gasteiger charge is -2.19. The second-order valence-electron chi connectivity index (χ2n) is 5.87. The standard InChI is InChI=1S/C17H17Cl3N4O/c1-4-11(9(2)3)17(25)23-16-10(7-21)8-22-24(16)13-6-5-12(18)14(19)15(13)20/h5-6,8-9,11H,4H2,1-3H3,(H,23,25). The van der Waals surface area contributed by atoms with E-state index in [1.807, 2.05) is 26.8 Å². The molecule has 0 radical (unpaired) electrons. The zero-order valence-corrected chi connectivity index (χ0v) is 16.2. The van der Waals surface area contributed by atoms with Crippen molar-refractivity contribution in [3.63, 3.8) is 0 Å². The van der Waals surface area contributed by atoms with Gasteiger partial charge in [-0.05, 0) is 24.5 Å². The van der Waals surface area contributed by atoms with Gasteiger partial charge in [-0.1, -0.05) is 55.6 Å². The zero-order chi connectivity index (χ0) is 18.7. The van der Waals surface area contributed by atoms with Crippen LogP contribution < -0.4 is 5.32 Å². The molecule has 132 valence electrons. The van der Waals surface area contributed by atoms with Gasteiger partial charge in [-0.25, -0.2) is 4.68 Å². The minimum atomic E-state index is -0.181. The first kappa shape index (κ1) is 19.6. The number of carbonyl (C=O) groups excluding carboxylic acids is 1. The van der Waals surface area contributed by atoms with Gasteiger partial charge in [0.25, 0.3) is 0 Å². The van der Waals surface area contributed by atoms with Crippen LogP contribution in [0.2, 0.25) is 15.1 Å². The quantitative estimate of drug-likeness (QED) is 0.691. The Morgan fingerprint density at radius 1 is 1.32 bits per heavy atom. The maximum Gasteiger partial charge on any atom is 0.228 e. The molecule has 0 aliphatic carbocycles. The Labute approximate surface area is 161 Å². The number of carbonyl (C=O) groups is 1. The van der Waals surface area contributed by atoms with E-state index in [1.165, 1.54) is 10.9 Å². The highest BCUT2D eigenvalue weighted by Crippen LogP contribution is 2.36. The maximum atomic E-state index is 12.6. The SMILES string of the molecule is CCC(C(=O)Nc1c(C#N)cnn1-c1ccc(Cl)c(Cl)c1Cl)C(C)C. The number of aromatic nitrogens is 2. The summed E-state index contributed by atoms with van der Waals surface area (Å²) in [7, 11) is 0. The van der Waals surface area contributed by atoms with E-state index in [2.05, 4.69) is 10.4 Å². The monoisotopic (exact) mass is 398 g/mol. The molecule has 0 saturated heterocycles. The summed E-state index contributed by atoms with van der Waals surface area (Å²) in [4.78, 5) is 12.6. The highest BCUT2D eigenvalue weighted by molar-refractivity contribution is 6.48. The van der Waals surface area contributed by atoms with Crippen molar-refractivity contribution in [3.05, 3.63) is 39.0 Å². The van der Waals surface area contributed by atoms with Gasteiger partial charge >= 0.3 is 0 Å². The largest absolute Gasteiger partial charge is 0.309 e. The van der Waals surface area contributed by atoms with Crippen molar-refractivity contribution in [2.24, 2.45) is 11.8 Å². The second kappa shape index (κ2) is 8.09. The summed E-state index contributed by atoms with van der Waals surface area (Å²) in [6.07, 6.45) is 2.05. The zero-order valence-electron chi connectivity index (χ0n) is 14.0. The van der Waals surface area contributed by atoms with E-state index in [0.29, 0.717) is 17.1 Å². The average Bonchev–Trinajstić information content (AvgIpc) is 2.95. The van der Waals surface area contributed by atoms with Crippen molar-refractivity contribution < 1.29 is 4.79 Å². The number of anilines is 1. The number of hydrogen-bond donors (Lipinski definition) is 1. The molecule has 1 aromatic heterocycles. The van der Waals surface area contributed by atoms with Crippen molar-refractivity contribution in [3.8, 4) is 11.8 Å². The highest BCUT2D eigenvalue weighted by atomic mass is 35.5. The minimum absolute atomic E-state index is 0.167. The van der Waals surface area contributed by atoms with E-state index in [0.717, 1.165) is 0 Å². The van der Waals surface area contributed by atoms with E-state index in [4.69, 9.17) is 34.8 Å². The summed E-state index contributed by atoms with van der Waals surface area (Å²) >= 11 is 18.3. The van der Waals surface area contributed by atoms with E-state index in [9.17, 15) is 10.1 Å². The Hall–Kier alpha value is -1.74. The Bertz CT molecular complexity index is 839. The Morgan fingerprint density at radius 2 is 2.00 bits per heavy atom. The van der Waals surface area contributed by atoms with Crippen LogP contribution in [0.3, 0.4) is 0 Å². The van der Waals surface area contributed by atoms with Crippen LogP contribution in [0.15, 0.2) is 18.3 Å². The van der Waals surface area contributed by atoms with Crippen LogP contribution in [0.4, 0.5) is 5.82 Å². The van der Waals surface area contributed by atoms with Crippen LogP contribution in [0.25, 0.3) is 5.69 Å². The molecule has 0 bridgehead atoms. The lowest BCUT2D eigenvalue weighted by Crippen LogP contribution is -2.27. The van der Waals surface area contributed by atoms with Crippen molar-refractivity contribution in [1.82, 2.24) is 9.78 Å². The van der Waals surface area contributed by atoms with Gasteiger partial charge in [0.05, 0.1) is 27.0 Å². The molecule has 1 heterocycles. The topological polar surface area (TPSA) is 70.7 Å².